The Morgan fingerprint density at radius 1 is 1.22 bits per heavy atom. The van der Waals surface area contributed by atoms with Crippen molar-refractivity contribution >= 4 is 17.6 Å². The fourth-order valence-electron chi connectivity index (χ4n) is 3.27. The van der Waals surface area contributed by atoms with Gasteiger partial charge in [-0.2, -0.15) is 0 Å². The highest BCUT2D eigenvalue weighted by molar-refractivity contribution is 5.86. The van der Waals surface area contributed by atoms with E-state index in [2.05, 4.69) is 38.7 Å². The molecule has 3 N–H and O–H groups in total. The Bertz CT molecular complexity index is 824. The van der Waals surface area contributed by atoms with Crippen molar-refractivity contribution in [3.05, 3.63) is 59.3 Å². The summed E-state index contributed by atoms with van der Waals surface area (Å²) in [7, 11) is 0. The second-order valence-corrected chi connectivity index (χ2v) is 6.58. The van der Waals surface area contributed by atoms with Crippen molar-refractivity contribution in [1.29, 1.82) is 0 Å². The first-order chi connectivity index (χ1) is 13.1. The van der Waals surface area contributed by atoms with Crippen LogP contribution in [0.15, 0.2) is 42.6 Å². The minimum Gasteiger partial charge on any atom is -0.394 e. The molecule has 2 heterocycles. The lowest BCUT2D eigenvalue weighted by Gasteiger charge is -2.31. The van der Waals surface area contributed by atoms with Crippen molar-refractivity contribution < 1.29 is 14.7 Å². The number of nitrogens with one attached hydrogen (secondary N) is 2. The van der Waals surface area contributed by atoms with Crippen LogP contribution < -0.4 is 15.5 Å². The van der Waals surface area contributed by atoms with E-state index in [0.29, 0.717) is 0 Å². The van der Waals surface area contributed by atoms with E-state index >= 15 is 0 Å². The van der Waals surface area contributed by atoms with E-state index in [1.165, 1.54) is 18.1 Å². The van der Waals surface area contributed by atoms with Crippen molar-refractivity contribution in [2.24, 2.45) is 0 Å². The highest BCUT2D eigenvalue weighted by Gasteiger charge is 2.21. The zero-order valence-corrected chi connectivity index (χ0v) is 15.3. The molecular formula is C20H24N4O3. The molecule has 7 nitrogen and oxygen atoms in total. The van der Waals surface area contributed by atoms with E-state index < -0.39 is 18.6 Å². The highest BCUT2D eigenvalue weighted by Crippen LogP contribution is 2.25. The monoisotopic (exact) mass is 368 g/mol. The summed E-state index contributed by atoms with van der Waals surface area (Å²) in [5.74, 6) is 0.0529. The maximum atomic E-state index is 12.2. The van der Waals surface area contributed by atoms with Crippen molar-refractivity contribution in [2.45, 2.75) is 32.5 Å². The number of anilines is 1. The molecule has 142 valence electrons. The van der Waals surface area contributed by atoms with Gasteiger partial charge < -0.3 is 20.6 Å². The third-order valence-electron chi connectivity index (χ3n) is 4.63. The summed E-state index contributed by atoms with van der Waals surface area (Å²) >= 11 is 0. The van der Waals surface area contributed by atoms with Gasteiger partial charge in [0.25, 0.3) is 0 Å². The van der Waals surface area contributed by atoms with Crippen molar-refractivity contribution in [3.63, 3.8) is 0 Å². The fraction of sp³-hybridized carbons (Fsp3) is 0.350. The molecule has 7 heteroatoms. The van der Waals surface area contributed by atoms with E-state index in [1.807, 2.05) is 18.2 Å². The topological polar surface area (TPSA) is 94.6 Å². The van der Waals surface area contributed by atoms with E-state index in [4.69, 9.17) is 0 Å². The molecule has 0 fully saturated rings. The molecule has 0 radical (unpaired) electrons. The van der Waals surface area contributed by atoms with Gasteiger partial charge in [-0.15, -0.1) is 0 Å². The number of benzene rings is 1. The van der Waals surface area contributed by atoms with Gasteiger partial charge in [0.2, 0.25) is 11.8 Å². The molecule has 1 atom stereocenters. The Morgan fingerprint density at radius 2 is 2.00 bits per heavy atom. The van der Waals surface area contributed by atoms with Crippen LogP contribution in [0.2, 0.25) is 0 Å². The van der Waals surface area contributed by atoms with Crippen LogP contribution in [0.4, 0.5) is 5.82 Å². The molecule has 0 spiro atoms. The maximum absolute atomic E-state index is 12.2. The molecule has 27 heavy (non-hydrogen) atoms. The lowest BCUT2D eigenvalue weighted by molar-refractivity contribution is -0.129. The maximum Gasteiger partial charge on any atom is 0.245 e. The predicted molar refractivity (Wildman–Crippen MR) is 102 cm³/mol. The number of aliphatic hydroxyl groups is 1. The van der Waals surface area contributed by atoms with Crippen LogP contribution >= 0.6 is 0 Å². The quantitative estimate of drug-likeness (QED) is 0.700. The van der Waals surface area contributed by atoms with Gasteiger partial charge in [0.1, 0.15) is 11.9 Å². The van der Waals surface area contributed by atoms with Crippen molar-refractivity contribution in [1.82, 2.24) is 15.6 Å². The van der Waals surface area contributed by atoms with Crippen LogP contribution in [0.3, 0.4) is 0 Å². The molecule has 2 amide bonds. The first kappa shape index (κ1) is 18.8. The van der Waals surface area contributed by atoms with E-state index in [9.17, 15) is 14.7 Å². The van der Waals surface area contributed by atoms with Crippen molar-refractivity contribution in [3.8, 4) is 0 Å². The van der Waals surface area contributed by atoms with Gasteiger partial charge >= 0.3 is 0 Å². The molecule has 0 unspecified atom stereocenters. The number of rotatable bonds is 6. The molecule has 0 saturated heterocycles. The number of fused-ring (bicyclic) bond motifs is 1. The Balaban J connectivity index is 1.70. The molecule has 0 aliphatic carbocycles. The van der Waals surface area contributed by atoms with E-state index in [-0.39, 0.29) is 12.5 Å². The number of nitrogens with zero attached hydrogens (tertiary/aromatic N) is 2. The molecule has 1 aliphatic rings. The molecular weight excluding hydrogens is 344 g/mol. The number of pyridine rings is 1. The van der Waals surface area contributed by atoms with E-state index in [0.717, 1.165) is 30.9 Å². The van der Waals surface area contributed by atoms with Crippen LogP contribution in [0.5, 0.6) is 0 Å². The molecule has 1 aromatic heterocycles. The lowest BCUT2D eigenvalue weighted by Crippen LogP contribution is -2.48. The Hall–Kier alpha value is -2.93. The Morgan fingerprint density at radius 3 is 2.74 bits per heavy atom. The van der Waals surface area contributed by atoms with Gasteiger partial charge in [-0.25, -0.2) is 4.98 Å². The van der Waals surface area contributed by atoms with Crippen LogP contribution in [0, 0.1) is 0 Å². The summed E-state index contributed by atoms with van der Waals surface area (Å²) in [6.07, 6.45) is 2.70. The molecule has 3 rings (SSSR count). The summed E-state index contributed by atoms with van der Waals surface area (Å²) in [6.45, 7) is 2.77. The normalized spacial score (nSPS) is 14.2. The third-order valence-corrected chi connectivity index (χ3v) is 4.63. The third kappa shape index (κ3) is 4.62. The second-order valence-electron chi connectivity index (χ2n) is 6.58. The molecule has 2 aromatic rings. The minimum absolute atomic E-state index is 0.274. The number of hydrogen-bond donors (Lipinski definition) is 3. The van der Waals surface area contributed by atoms with Gasteiger partial charge in [-0.1, -0.05) is 30.3 Å². The lowest BCUT2D eigenvalue weighted by atomic mass is 9.99. The average Bonchev–Trinajstić information content (AvgIpc) is 2.70. The molecule has 1 aromatic carbocycles. The first-order valence-corrected chi connectivity index (χ1v) is 8.99. The summed E-state index contributed by atoms with van der Waals surface area (Å²) in [5, 5.41) is 14.5. The second kappa shape index (κ2) is 8.64. The van der Waals surface area contributed by atoms with E-state index in [1.54, 1.807) is 6.20 Å². The van der Waals surface area contributed by atoms with Gasteiger partial charge in [0.15, 0.2) is 0 Å². The zero-order valence-electron chi connectivity index (χ0n) is 15.3. The number of aromatic nitrogens is 1. The fourth-order valence-corrected chi connectivity index (χ4v) is 3.27. The summed E-state index contributed by atoms with van der Waals surface area (Å²) in [4.78, 5) is 30.1. The van der Waals surface area contributed by atoms with Gasteiger partial charge in [-0.05, 0) is 23.6 Å². The highest BCUT2D eigenvalue weighted by atomic mass is 16.3. The Kier molecular flexibility index (Phi) is 6.03. The molecule has 1 aliphatic heterocycles. The number of amides is 2. The molecule has 0 bridgehead atoms. The van der Waals surface area contributed by atoms with Crippen LogP contribution in [-0.2, 0) is 29.1 Å². The minimum atomic E-state index is -0.954. The Labute approximate surface area is 158 Å². The smallest absolute Gasteiger partial charge is 0.245 e. The largest absolute Gasteiger partial charge is 0.394 e. The first-order valence-electron chi connectivity index (χ1n) is 8.99. The van der Waals surface area contributed by atoms with Crippen LogP contribution in [0.1, 0.15) is 23.6 Å². The summed E-state index contributed by atoms with van der Waals surface area (Å²) < 4.78 is 0. The van der Waals surface area contributed by atoms with Crippen LogP contribution in [0.25, 0.3) is 0 Å². The predicted octanol–water partition coefficient (Wildman–Crippen LogP) is 0.758. The number of carbonyl (C=O) groups excluding carboxylic acids is 2. The number of aliphatic hydroxyl groups excluding tert-OH is 1. The number of hydrogen-bond acceptors (Lipinski definition) is 5. The van der Waals surface area contributed by atoms with Crippen LogP contribution in [-0.4, -0.2) is 41.1 Å². The van der Waals surface area contributed by atoms with Crippen molar-refractivity contribution in [2.75, 3.05) is 18.1 Å². The average molecular weight is 368 g/mol. The summed E-state index contributed by atoms with van der Waals surface area (Å²) in [6, 6.07) is 11.2. The SMILES string of the molecule is CC(=O)N[C@@H](CO)C(=O)NCc1cccnc1N1CCc2ccccc2C1. The van der Waals surface area contributed by atoms with Gasteiger partial charge in [0.05, 0.1) is 6.61 Å². The summed E-state index contributed by atoms with van der Waals surface area (Å²) in [5.41, 5.74) is 3.54. The van der Waals surface area contributed by atoms with Gasteiger partial charge in [0, 0.05) is 38.3 Å². The standard InChI is InChI=1S/C20H24N4O3/c1-14(26)23-18(13-25)20(27)22-11-16-7-4-9-21-19(16)24-10-8-15-5-2-3-6-17(15)12-24/h2-7,9,18,25H,8,10-13H2,1H3,(H,22,27)(H,23,26)/t18-/m0/s1. The van der Waals surface area contributed by atoms with Gasteiger partial charge in [-0.3, -0.25) is 9.59 Å². The zero-order chi connectivity index (χ0) is 19.2. The number of carbonyl (C=O) groups is 2. The molecule has 0 saturated carbocycles.